The van der Waals surface area contributed by atoms with Crippen LogP contribution in [-0.4, -0.2) is 22.7 Å². The van der Waals surface area contributed by atoms with Gasteiger partial charge in [-0.2, -0.15) is 0 Å². The molecule has 0 spiro atoms. The fourth-order valence-corrected chi connectivity index (χ4v) is 0.668. The number of hydrogen-bond acceptors (Lipinski definition) is 3. The molecule has 0 bridgehead atoms. The third-order valence-electron chi connectivity index (χ3n) is 1.24. The van der Waals surface area contributed by atoms with Gasteiger partial charge in [0.1, 0.15) is 5.88 Å². The summed E-state index contributed by atoms with van der Waals surface area (Å²) in [6, 6.07) is 0. The second-order valence-electron chi connectivity index (χ2n) is 3.45. The molecule has 2 amide bonds. The molecule has 0 aliphatic carbocycles. The number of hydrazine groups is 1. The maximum atomic E-state index is 11.3. The van der Waals surface area contributed by atoms with Crippen LogP contribution in [0.3, 0.4) is 0 Å². The molecule has 0 heterocycles. The minimum absolute atomic E-state index is 0.279. The van der Waals surface area contributed by atoms with Crippen LogP contribution in [0.25, 0.3) is 0 Å². The van der Waals surface area contributed by atoms with Crippen molar-refractivity contribution >= 4 is 23.4 Å². The second kappa shape index (κ2) is 3.87. The molecule has 0 fully saturated rings. The molecule has 0 aromatic carbocycles. The third-order valence-corrected chi connectivity index (χ3v) is 1.47. The molecule has 70 valence electrons. The Bertz CT molecular complexity index is 198. The Kier molecular flexibility index (Phi) is 3.67. The summed E-state index contributed by atoms with van der Waals surface area (Å²) >= 11 is 5.22. The van der Waals surface area contributed by atoms with Crippen LogP contribution in [0.1, 0.15) is 20.8 Å². The number of carbonyl (C=O) groups excluding carboxylic acids is 2. The maximum absolute atomic E-state index is 11.3. The van der Waals surface area contributed by atoms with Crippen molar-refractivity contribution in [2.45, 2.75) is 20.8 Å². The Balaban J connectivity index is 4.41. The highest BCUT2D eigenvalue weighted by molar-refractivity contribution is 6.28. The van der Waals surface area contributed by atoms with E-state index in [1.54, 1.807) is 20.8 Å². The van der Waals surface area contributed by atoms with Gasteiger partial charge in [0.25, 0.3) is 5.91 Å². The summed E-state index contributed by atoms with van der Waals surface area (Å²) in [7, 11) is 0. The molecule has 0 rings (SSSR count). The van der Waals surface area contributed by atoms with Crippen molar-refractivity contribution in [1.29, 1.82) is 0 Å². The minimum Gasteiger partial charge on any atom is -0.272 e. The van der Waals surface area contributed by atoms with Crippen molar-refractivity contribution in [2.75, 3.05) is 5.88 Å². The Hall–Kier alpha value is -0.610. The molecular formula is C7H13ClN2O2. The molecule has 0 aliphatic rings. The number of carbonyl (C=O) groups is 2. The predicted octanol–water partition coefficient (Wildman–Crippen LogP) is 0.500. The van der Waals surface area contributed by atoms with Gasteiger partial charge in [0, 0.05) is 5.41 Å². The third kappa shape index (κ3) is 2.79. The molecule has 12 heavy (non-hydrogen) atoms. The van der Waals surface area contributed by atoms with Gasteiger partial charge in [-0.1, -0.05) is 20.8 Å². The number of alkyl halides is 1. The van der Waals surface area contributed by atoms with Gasteiger partial charge in [-0.15, -0.1) is 11.6 Å². The summed E-state index contributed by atoms with van der Waals surface area (Å²) in [6.45, 7) is 5.03. The quantitative estimate of drug-likeness (QED) is 0.285. The molecular weight excluding hydrogens is 180 g/mol. The topological polar surface area (TPSA) is 63.4 Å². The van der Waals surface area contributed by atoms with Crippen LogP contribution in [0.15, 0.2) is 0 Å². The van der Waals surface area contributed by atoms with Crippen molar-refractivity contribution in [3.8, 4) is 0 Å². The van der Waals surface area contributed by atoms with Gasteiger partial charge in [-0.05, 0) is 0 Å². The lowest BCUT2D eigenvalue weighted by Crippen LogP contribution is -2.48. The van der Waals surface area contributed by atoms with E-state index in [0.717, 1.165) is 0 Å². The largest absolute Gasteiger partial charge is 0.272 e. The highest BCUT2D eigenvalue weighted by atomic mass is 35.5. The van der Waals surface area contributed by atoms with E-state index >= 15 is 0 Å². The first kappa shape index (κ1) is 11.4. The van der Waals surface area contributed by atoms with Crippen molar-refractivity contribution in [3.05, 3.63) is 0 Å². The number of imide groups is 1. The molecule has 0 radical (unpaired) electrons. The molecule has 0 saturated heterocycles. The molecule has 0 aliphatic heterocycles. The van der Waals surface area contributed by atoms with Gasteiger partial charge in [-0.25, -0.2) is 10.9 Å². The van der Waals surface area contributed by atoms with Gasteiger partial charge < -0.3 is 0 Å². The maximum Gasteiger partial charge on any atom is 0.258 e. The molecule has 5 heteroatoms. The van der Waals surface area contributed by atoms with E-state index in [1.165, 1.54) is 0 Å². The van der Waals surface area contributed by atoms with E-state index < -0.39 is 17.2 Å². The van der Waals surface area contributed by atoms with Crippen molar-refractivity contribution < 1.29 is 9.59 Å². The molecule has 2 N–H and O–H groups in total. The number of halogens is 1. The second-order valence-corrected chi connectivity index (χ2v) is 3.72. The van der Waals surface area contributed by atoms with E-state index in [1.807, 2.05) is 0 Å². The Morgan fingerprint density at radius 2 is 1.83 bits per heavy atom. The fraction of sp³-hybridized carbons (Fsp3) is 0.714. The summed E-state index contributed by atoms with van der Waals surface area (Å²) in [5.41, 5.74) is -0.656. The van der Waals surface area contributed by atoms with Gasteiger partial charge in [0.2, 0.25) is 5.91 Å². The predicted molar refractivity (Wildman–Crippen MR) is 46.2 cm³/mol. The summed E-state index contributed by atoms with van der Waals surface area (Å²) in [5, 5.41) is 0.562. The Morgan fingerprint density at radius 3 is 2.08 bits per heavy atom. The highest BCUT2D eigenvalue weighted by Crippen LogP contribution is 2.15. The summed E-state index contributed by atoms with van der Waals surface area (Å²) < 4.78 is 0. The lowest BCUT2D eigenvalue weighted by Gasteiger charge is -2.22. The van der Waals surface area contributed by atoms with Crippen LogP contribution in [0.4, 0.5) is 0 Å². The SMILES string of the molecule is CC(C)(C)C(=O)N(N)C(=O)CCl. The fourth-order valence-electron chi connectivity index (χ4n) is 0.539. The summed E-state index contributed by atoms with van der Waals surface area (Å²) in [5.74, 6) is 3.90. The van der Waals surface area contributed by atoms with Crippen LogP contribution < -0.4 is 5.84 Å². The van der Waals surface area contributed by atoms with Gasteiger partial charge >= 0.3 is 0 Å². The van der Waals surface area contributed by atoms with Crippen LogP contribution in [0.2, 0.25) is 0 Å². The summed E-state index contributed by atoms with van der Waals surface area (Å²) in [6.07, 6.45) is 0. The number of nitrogens with zero attached hydrogens (tertiary/aromatic N) is 1. The average molecular weight is 193 g/mol. The van der Waals surface area contributed by atoms with Crippen LogP contribution >= 0.6 is 11.6 Å². The normalized spacial score (nSPS) is 11.1. The number of rotatable bonds is 1. The lowest BCUT2D eigenvalue weighted by atomic mass is 9.95. The standard InChI is InChI=1S/C7H13ClN2O2/c1-7(2,3)6(12)10(9)5(11)4-8/h4,9H2,1-3H3. The van der Waals surface area contributed by atoms with E-state index in [-0.39, 0.29) is 5.88 Å². The van der Waals surface area contributed by atoms with Gasteiger partial charge in [0.15, 0.2) is 0 Å². The number of hydrogen-bond donors (Lipinski definition) is 1. The van der Waals surface area contributed by atoms with Crippen LogP contribution in [0.5, 0.6) is 0 Å². The van der Waals surface area contributed by atoms with E-state index in [2.05, 4.69) is 0 Å². The average Bonchev–Trinajstić information content (AvgIpc) is 1.98. The van der Waals surface area contributed by atoms with Gasteiger partial charge in [0.05, 0.1) is 0 Å². The minimum atomic E-state index is -0.656. The Morgan fingerprint density at radius 1 is 1.42 bits per heavy atom. The zero-order chi connectivity index (χ0) is 9.94. The first-order chi connectivity index (χ1) is 5.30. The Labute approximate surface area is 76.6 Å². The zero-order valence-corrected chi connectivity index (χ0v) is 8.18. The van der Waals surface area contributed by atoms with E-state index in [4.69, 9.17) is 17.4 Å². The number of nitrogens with two attached hydrogens (primary N) is 1. The van der Waals surface area contributed by atoms with E-state index in [0.29, 0.717) is 5.01 Å². The first-order valence-electron chi connectivity index (χ1n) is 3.48. The zero-order valence-electron chi connectivity index (χ0n) is 7.43. The molecule has 0 unspecified atom stereocenters. The van der Waals surface area contributed by atoms with Crippen LogP contribution in [0, 0.1) is 5.41 Å². The van der Waals surface area contributed by atoms with Crippen LogP contribution in [-0.2, 0) is 9.59 Å². The van der Waals surface area contributed by atoms with Crippen molar-refractivity contribution in [1.82, 2.24) is 5.01 Å². The molecule has 0 aromatic rings. The number of amides is 2. The smallest absolute Gasteiger partial charge is 0.258 e. The highest BCUT2D eigenvalue weighted by Gasteiger charge is 2.28. The molecule has 4 nitrogen and oxygen atoms in total. The lowest BCUT2D eigenvalue weighted by molar-refractivity contribution is -0.149. The summed E-state index contributed by atoms with van der Waals surface area (Å²) in [4.78, 5) is 22.1. The van der Waals surface area contributed by atoms with E-state index in [9.17, 15) is 9.59 Å². The molecule has 0 saturated carbocycles. The first-order valence-corrected chi connectivity index (χ1v) is 4.02. The van der Waals surface area contributed by atoms with Crippen molar-refractivity contribution in [2.24, 2.45) is 11.3 Å². The van der Waals surface area contributed by atoms with Crippen molar-refractivity contribution in [3.63, 3.8) is 0 Å². The molecule has 0 atom stereocenters. The monoisotopic (exact) mass is 192 g/mol. The molecule has 0 aromatic heterocycles. The van der Waals surface area contributed by atoms with Gasteiger partial charge in [-0.3, -0.25) is 9.59 Å².